The van der Waals surface area contributed by atoms with Gasteiger partial charge >= 0.3 is 0 Å². The van der Waals surface area contributed by atoms with Crippen LogP contribution < -0.4 is 4.90 Å². The number of hydrogen-bond donors (Lipinski definition) is 0. The van der Waals surface area contributed by atoms with Gasteiger partial charge in [-0.2, -0.15) is 4.37 Å². The van der Waals surface area contributed by atoms with Crippen molar-refractivity contribution in [3.63, 3.8) is 0 Å². The second kappa shape index (κ2) is 5.59. The molecule has 0 N–H and O–H groups in total. The monoisotopic (exact) mass is 278 g/mol. The zero-order chi connectivity index (χ0) is 13.2. The Kier molecular flexibility index (Phi) is 3.84. The summed E-state index contributed by atoms with van der Waals surface area (Å²) in [6.07, 6.45) is 6.79. The maximum atomic E-state index is 4.69. The Bertz CT molecular complexity index is 446. The third kappa shape index (κ3) is 2.98. The Hall–Kier alpha value is -0.940. The Balaban J connectivity index is 1.59. The highest BCUT2D eigenvalue weighted by Crippen LogP contribution is 2.25. The highest BCUT2D eigenvalue weighted by atomic mass is 32.1. The number of hydrogen-bond acceptors (Lipinski definition) is 5. The van der Waals surface area contributed by atoms with Crippen LogP contribution in [0.15, 0.2) is 12.2 Å². The fraction of sp³-hybridized carbons (Fsp3) is 0.714. The summed E-state index contributed by atoms with van der Waals surface area (Å²) in [5.41, 5.74) is 0. The summed E-state index contributed by atoms with van der Waals surface area (Å²) in [5.74, 6) is 1.64. The second-order valence-corrected chi connectivity index (χ2v) is 6.64. The van der Waals surface area contributed by atoms with Crippen LogP contribution in [0.5, 0.6) is 0 Å². The smallest absolute Gasteiger partial charge is 0.205 e. The van der Waals surface area contributed by atoms with E-state index in [4.69, 9.17) is 4.98 Å². The lowest BCUT2D eigenvalue weighted by Crippen LogP contribution is -2.35. The van der Waals surface area contributed by atoms with Crippen molar-refractivity contribution < 1.29 is 0 Å². The fourth-order valence-corrected chi connectivity index (χ4v) is 3.56. The lowest BCUT2D eigenvalue weighted by atomic mass is 10.1. The molecule has 3 rings (SSSR count). The molecule has 1 saturated heterocycles. The Morgan fingerprint density at radius 2 is 2.16 bits per heavy atom. The van der Waals surface area contributed by atoms with Crippen molar-refractivity contribution in [3.8, 4) is 0 Å². The van der Waals surface area contributed by atoms with Gasteiger partial charge in [0.1, 0.15) is 5.82 Å². The molecule has 1 unspecified atom stereocenters. The summed E-state index contributed by atoms with van der Waals surface area (Å²) in [7, 11) is 0. The van der Waals surface area contributed by atoms with Crippen molar-refractivity contribution in [1.29, 1.82) is 0 Å². The summed E-state index contributed by atoms with van der Waals surface area (Å²) < 4.78 is 4.49. The van der Waals surface area contributed by atoms with Gasteiger partial charge in [0.25, 0.3) is 0 Å². The van der Waals surface area contributed by atoms with Crippen molar-refractivity contribution in [2.75, 3.05) is 31.1 Å². The summed E-state index contributed by atoms with van der Waals surface area (Å²) in [4.78, 5) is 9.65. The molecular weight excluding hydrogens is 256 g/mol. The van der Waals surface area contributed by atoms with Crippen molar-refractivity contribution in [1.82, 2.24) is 14.3 Å². The Morgan fingerprint density at radius 1 is 1.37 bits per heavy atom. The van der Waals surface area contributed by atoms with E-state index in [-0.39, 0.29) is 0 Å². The van der Waals surface area contributed by atoms with Crippen molar-refractivity contribution in [3.05, 3.63) is 18.0 Å². The van der Waals surface area contributed by atoms with E-state index < -0.39 is 0 Å². The lowest BCUT2D eigenvalue weighted by molar-refractivity contribution is 0.271. The van der Waals surface area contributed by atoms with Crippen molar-refractivity contribution in [2.45, 2.75) is 32.7 Å². The van der Waals surface area contributed by atoms with Crippen molar-refractivity contribution >= 4 is 16.7 Å². The molecule has 0 spiro atoms. The van der Waals surface area contributed by atoms with E-state index >= 15 is 0 Å². The zero-order valence-electron chi connectivity index (χ0n) is 11.7. The average Bonchev–Trinajstić information content (AvgIpc) is 3.09. The third-order valence-electron chi connectivity index (χ3n) is 3.84. The van der Waals surface area contributed by atoms with Crippen LogP contribution in [0.3, 0.4) is 0 Å². The van der Waals surface area contributed by atoms with Crippen LogP contribution in [-0.2, 0) is 6.42 Å². The van der Waals surface area contributed by atoms with E-state index in [9.17, 15) is 0 Å². The molecule has 0 bridgehead atoms. The van der Waals surface area contributed by atoms with Crippen LogP contribution in [0.25, 0.3) is 0 Å². The molecule has 1 atom stereocenters. The van der Waals surface area contributed by atoms with Gasteiger partial charge in [0.05, 0.1) is 0 Å². The minimum Gasteiger partial charge on any atom is -0.345 e. The van der Waals surface area contributed by atoms with Gasteiger partial charge in [-0.05, 0) is 12.3 Å². The Morgan fingerprint density at radius 3 is 2.89 bits per heavy atom. The second-order valence-electron chi connectivity index (χ2n) is 5.90. The van der Waals surface area contributed by atoms with Gasteiger partial charge in [0.2, 0.25) is 5.13 Å². The molecule has 0 saturated carbocycles. The number of nitrogens with zero attached hydrogens (tertiary/aromatic N) is 4. The molecule has 2 aliphatic heterocycles. The first-order chi connectivity index (χ1) is 9.22. The highest BCUT2D eigenvalue weighted by Gasteiger charge is 2.29. The van der Waals surface area contributed by atoms with E-state index in [1.165, 1.54) is 6.42 Å². The molecule has 0 aliphatic carbocycles. The van der Waals surface area contributed by atoms with E-state index in [1.54, 1.807) is 11.5 Å². The van der Waals surface area contributed by atoms with E-state index in [0.29, 0.717) is 12.0 Å². The maximum absolute atomic E-state index is 4.69. The normalized spacial score (nSPS) is 23.9. The van der Waals surface area contributed by atoms with E-state index in [0.717, 1.165) is 43.6 Å². The molecular formula is C14H22N4S. The number of aromatic nitrogens is 2. The maximum Gasteiger partial charge on any atom is 0.205 e. The first-order valence-electron chi connectivity index (χ1n) is 7.19. The number of anilines is 1. The SMILES string of the molecule is CC(C)Cc1nsc(N2CCC(N3CC=CC3)C2)n1. The first-order valence-corrected chi connectivity index (χ1v) is 7.96. The molecule has 1 aromatic rings. The number of rotatable bonds is 4. The van der Waals surface area contributed by atoms with Gasteiger partial charge < -0.3 is 4.90 Å². The van der Waals surface area contributed by atoms with Gasteiger partial charge in [0, 0.05) is 50.2 Å². The molecule has 104 valence electrons. The topological polar surface area (TPSA) is 32.3 Å². The molecule has 4 nitrogen and oxygen atoms in total. The van der Waals surface area contributed by atoms with E-state index in [2.05, 4.69) is 40.2 Å². The summed E-state index contributed by atoms with van der Waals surface area (Å²) >= 11 is 1.56. The fourth-order valence-electron chi connectivity index (χ4n) is 2.83. The van der Waals surface area contributed by atoms with Gasteiger partial charge in [0.15, 0.2) is 0 Å². The van der Waals surface area contributed by atoms with Crippen LogP contribution in [0.4, 0.5) is 5.13 Å². The zero-order valence-corrected chi connectivity index (χ0v) is 12.6. The quantitative estimate of drug-likeness (QED) is 0.790. The van der Waals surface area contributed by atoms with Crippen LogP contribution in [0.1, 0.15) is 26.1 Å². The summed E-state index contributed by atoms with van der Waals surface area (Å²) in [6.45, 7) is 8.90. The minimum atomic E-state index is 0.629. The molecule has 1 aromatic heterocycles. The molecule has 3 heterocycles. The molecule has 19 heavy (non-hydrogen) atoms. The summed E-state index contributed by atoms with van der Waals surface area (Å²) in [6, 6.07) is 0.687. The standard InChI is InChI=1S/C14H22N4S/c1-11(2)9-13-15-14(19-16-13)18-8-5-12(10-18)17-6-3-4-7-17/h3-4,11-12H,5-10H2,1-2H3. The van der Waals surface area contributed by atoms with Crippen LogP contribution in [0.2, 0.25) is 0 Å². The summed E-state index contributed by atoms with van der Waals surface area (Å²) in [5, 5.41) is 1.12. The molecule has 1 fully saturated rings. The van der Waals surface area contributed by atoms with E-state index in [1.807, 2.05) is 0 Å². The molecule has 0 aromatic carbocycles. The molecule has 0 amide bonds. The Labute approximate surface area is 119 Å². The van der Waals surface area contributed by atoms with Gasteiger partial charge in [-0.1, -0.05) is 26.0 Å². The highest BCUT2D eigenvalue weighted by molar-refractivity contribution is 7.09. The first kappa shape index (κ1) is 13.1. The van der Waals surface area contributed by atoms with Crippen LogP contribution >= 0.6 is 11.5 Å². The predicted octanol–water partition coefficient (Wildman–Crippen LogP) is 2.19. The van der Waals surface area contributed by atoms with Gasteiger partial charge in [-0.15, -0.1) is 0 Å². The van der Waals surface area contributed by atoms with Gasteiger partial charge in [-0.25, -0.2) is 4.98 Å². The molecule has 2 aliphatic rings. The van der Waals surface area contributed by atoms with Crippen molar-refractivity contribution in [2.24, 2.45) is 5.92 Å². The third-order valence-corrected chi connectivity index (χ3v) is 4.66. The predicted molar refractivity (Wildman–Crippen MR) is 79.8 cm³/mol. The minimum absolute atomic E-state index is 0.629. The van der Waals surface area contributed by atoms with Crippen LogP contribution in [0, 0.1) is 5.92 Å². The molecule has 0 radical (unpaired) electrons. The van der Waals surface area contributed by atoms with Crippen LogP contribution in [-0.4, -0.2) is 46.5 Å². The average molecular weight is 278 g/mol. The largest absolute Gasteiger partial charge is 0.345 e. The van der Waals surface area contributed by atoms with Gasteiger partial charge in [-0.3, -0.25) is 4.90 Å². The lowest BCUT2D eigenvalue weighted by Gasteiger charge is -2.23. The molecule has 5 heteroatoms.